The number of carboxylic acid groups (broad SMARTS) is 1. The number of benzene rings is 2. The smallest absolute Gasteiger partial charge is 0.337 e. The first-order valence-electron chi connectivity index (χ1n) is 10.6. The number of aryl methyl sites for hydroxylation is 2. The summed E-state index contributed by atoms with van der Waals surface area (Å²) in [5, 5.41) is 14.9. The molecule has 6 nitrogen and oxygen atoms in total. The van der Waals surface area contributed by atoms with Crippen LogP contribution in [0.5, 0.6) is 0 Å². The summed E-state index contributed by atoms with van der Waals surface area (Å²) in [4.78, 5) is 17.1. The first-order chi connectivity index (χ1) is 15.1. The highest BCUT2D eigenvalue weighted by Gasteiger charge is 2.33. The van der Waals surface area contributed by atoms with Crippen molar-refractivity contribution < 1.29 is 14.6 Å². The van der Waals surface area contributed by atoms with E-state index >= 15 is 0 Å². The molecule has 0 aliphatic rings. The van der Waals surface area contributed by atoms with Gasteiger partial charge in [-0.15, -0.1) is 0 Å². The van der Waals surface area contributed by atoms with Gasteiger partial charge in [0.15, 0.2) is 11.8 Å². The molecule has 1 unspecified atom stereocenters. The van der Waals surface area contributed by atoms with Gasteiger partial charge in [0.2, 0.25) is 0 Å². The van der Waals surface area contributed by atoms with Crippen molar-refractivity contribution >= 4 is 11.6 Å². The number of nitrogens with zero attached hydrogens (tertiary/aromatic N) is 3. The zero-order chi connectivity index (χ0) is 23.0. The SMILES string of the molecule is Cc1cccc(-c2c(C(OC(C)(C)C)C(=O)O)c(C)nc3cc(-c4ccccc4)nn23)c1. The van der Waals surface area contributed by atoms with E-state index in [0.29, 0.717) is 22.6 Å². The van der Waals surface area contributed by atoms with Gasteiger partial charge in [-0.25, -0.2) is 14.3 Å². The number of rotatable bonds is 5. The number of aliphatic carboxylic acids is 1. The van der Waals surface area contributed by atoms with Crippen molar-refractivity contribution in [3.8, 4) is 22.5 Å². The average Bonchev–Trinajstić information content (AvgIpc) is 3.14. The lowest BCUT2D eigenvalue weighted by Gasteiger charge is -2.27. The Hall–Kier alpha value is -3.51. The molecule has 32 heavy (non-hydrogen) atoms. The van der Waals surface area contributed by atoms with Crippen LogP contribution in [0, 0.1) is 13.8 Å². The number of fused-ring (bicyclic) bond motifs is 1. The molecule has 164 valence electrons. The molecule has 1 atom stereocenters. The summed E-state index contributed by atoms with van der Waals surface area (Å²) in [6.45, 7) is 9.37. The van der Waals surface area contributed by atoms with Crippen LogP contribution in [0.1, 0.15) is 43.7 Å². The number of ether oxygens (including phenoxy) is 1. The van der Waals surface area contributed by atoms with E-state index in [2.05, 4.69) is 0 Å². The molecular formula is C26H27N3O3. The van der Waals surface area contributed by atoms with E-state index in [9.17, 15) is 9.90 Å². The maximum Gasteiger partial charge on any atom is 0.337 e. The van der Waals surface area contributed by atoms with Crippen LogP contribution < -0.4 is 0 Å². The number of aromatic nitrogens is 3. The summed E-state index contributed by atoms with van der Waals surface area (Å²) in [6, 6.07) is 19.7. The van der Waals surface area contributed by atoms with Crippen LogP contribution in [0.4, 0.5) is 0 Å². The maximum atomic E-state index is 12.4. The van der Waals surface area contributed by atoms with Crippen molar-refractivity contribution in [2.24, 2.45) is 0 Å². The van der Waals surface area contributed by atoms with Gasteiger partial charge in [0.25, 0.3) is 0 Å². The topological polar surface area (TPSA) is 76.7 Å². The zero-order valence-electron chi connectivity index (χ0n) is 19.0. The quantitative estimate of drug-likeness (QED) is 0.445. The highest BCUT2D eigenvalue weighted by molar-refractivity contribution is 5.81. The minimum atomic E-state index is -1.19. The predicted octanol–water partition coefficient (Wildman–Crippen LogP) is 5.62. The zero-order valence-corrected chi connectivity index (χ0v) is 19.0. The minimum absolute atomic E-state index is 0.508. The summed E-state index contributed by atoms with van der Waals surface area (Å²) < 4.78 is 7.76. The number of hydrogen-bond acceptors (Lipinski definition) is 4. The van der Waals surface area contributed by atoms with Gasteiger partial charge >= 0.3 is 5.97 Å². The molecular weight excluding hydrogens is 402 g/mol. The largest absolute Gasteiger partial charge is 0.479 e. The molecule has 0 aliphatic heterocycles. The van der Waals surface area contributed by atoms with Gasteiger partial charge in [0.05, 0.1) is 17.0 Å². The molecule has 2 heterocycles. The van der Waals surface area contributed by atoms with Gasteiger partial charge in [0, 0.05) is 28.5 Å². The Labute approximate surface area is 187 Å². The van der Waals surface area contributed by atoms with Gasteiger partial charge < -0.3 is 9.84 Å². The van der Waals surface area contributed by atoms with Crippen molar-refractivity contribution in [1.82, 2.24) is 14.6 Å². The summed E-state index contributed by atoms with van der Waals surface area (Å²) in [5.74, 6) is -1.06. The van der Waals surface area contributed by atoms with Crippen molar-refractivity contribution in [2.45, 2.75) is 46.3 Å². The van der Waals surface area contributed by atoms with Gasteiger partial charge in [0.1, 0.15) is 0 Å². The molecule has 0 saturated carbocycles. The van der Waals surface area contributed by atoms with Crippen molar-refractivity contribution in [3.63, 3.8) is 0 Å². The Bertz CT molecular complexity index is 1290. The lowest BCUT2D eigenvalue weighted by atomic mass is 9.98. The summed E-state index contributed by atoms with van der Waals surface area (Å²) in [5.41, 5.74) is 5.44. The number of hydrogen-bond donors (Lipinski definition) is 1. The van der Waals surface area contributed by atoms with E-state index in [1.807, 2.05) is 95.3 Å². The van der Waals surface area contributed by atoms with E-state index in [1.54, 1.807) is 4.52 Å². The fourth-order valence-corrected chi connectivity index (χ4v) is 3.85. The fourth-order valence-electron chi connectivity index (χ4n) is 3.85. The second-order valence-electron chi connectivity index (χ2n) is 8.94. The summed E-state index contributed by atoms with van der Waals surface area (Å²) in [6.07, 6.45) is -1.19. The Balaban J connectivity index is 2.05. The van der Waals surface area contributed by atoms with Crippen LogP contribution in [0.2, 0.25) is 0 Å². The molecule has 2 aromatic carbocycles. The van der Waals surface area contributed by atoms with E-state index in [1.165, 1.54) is 0 Å². The normalized spacial score (nSPS) is 12.8. The molecule has 0 bridgehead atoms. The van der Waals surface area contributed by atoms with Gasteiger partial charge in [-0.05, 0) is 40.7 Å². The lowest BCUT2D eigenvalue weighted by Crippen LogP contribution is -2.29. The fraction of sp³-hybridized carbons (Fsp3) is 0.269. The molecule has 2 aromatic heterocycles. The van der Waals surface area contributed by atoms with Crippen LogP contribution in [0.3, 0.4) is 0 Å². The molecule has 0 saturated heterocycles. The second kappa shape index (κ2) is 8.20. The van der Waals surface area contributed by atoms with Gasteiger partial charge in [-0.1, -0.05) is 54.1 Å². The third-order valence-electron chi connectivity index (χ3n) is 5.15. The van der Waals surface area contributed by atoms with Crippen LogP contribution >= 0.6 is 0 Å². The lowest BCUT2D eigenvalue weighted by molar-refractivity contribution is -0.160. The third-order valence-corrected chi connectivity index (χ3v) is 5.15. The standard InChI is InChI=1S/C26H27N3O3/c1-16-10-9-13-19(14-16)23-22(24(25(30)31)32-26(3,4)5)17(2)27-21-15-20(28-29(21)23)18-11-7-6-8-12-18/h6-15,24H,1-5H3,(H,30,31). The van der Waals surface area contributed by atoms with Crippen LogP contribution in [-0.4, -0.2) is 31.3 Å². The maximum absolute atomic E-state index is 12.4. The minimum Gasteiger partial charge on any atom is -0.479 e. The van der Waals surface area contributed by atoms with E-state index in [4.69, 9.17) is 14.8 Å². The molecule has 0 radical (unpaired) electrons. The molecule has 0 aliphatic carbocycles. The monoisotopic (exact) mass is 429 g/mol. The molecule has 4 aromatic rings. The number of carbonyl (C=O) groups is 1. The Morgan fingerprint density at radius 2 is 1.69 bits per heavy atom. The average molecular weight is 430 g/mol. The highest BCUT2D eigenvalue weighted by atomic mass is 16.5. The molecule has 6 heteroatoms. The van der Waals surface area contributed by atoms with E-state index < -0.39 is 17.7 Å². The van der Waals surface area contributed by atoms with Crippen LogP contribution in [0.25, 0.3) is 28.2 Å². The van der Waals surface area contributed by atoms with Gasteiger partial charge in [-0.2, -0.15) is 5.10 Å². The van der Waals surface area contributed by atoms with Crippen molar-refractivity contribution in [1.29, 1.82) is 0 Å². The van der Waals surface area contributed by atoms with E-state index in [0.717, 1.165) is 22.4 Å². The van der Waals surface area contributed by atoms with Crippen LogP contribution in [0.15, 0.2) is 60.7 Å². The Kier molecular flexibility index (Phi) is 5.57. The summed E-state index contributed by atoms with van der Waals surface area (Å²) >= 11 is 0. The second-order valence-corrected chi connectivity index (χ2v) is 8.94. The van der Waals surface area contributed by atoms with Crippen molar-refractivity contribution in [2.75, 3.05) is 0 Å². The Morgan fingerprint density at radius 3 is 2.31 bits per heavy atom. The number of carboxylic acids is 1. The van der Waals surface area contributed by atoms with Crippen LogP contribution in [-0.2, 0) is 9.53 Å². The Morgan fingerprint density at radius 1 is 1.00 bits per heavy atom. The van der Waals surface area contributed by atoms with E-state index in [-0.39, 0.29) is 0 Å². The van der Waals surface area contributed by atoms with Gasteiger partial charge in [-0.3, -0.25) is 0 Å². The first kappa shape index (κ1) is 21.7. The molecule has 0 fully saturated rings. The molecule has 4 rings (SSSR count). The highest BCUT2D eigenvalue weighted by Crippen LogP contribution is 2.36. The third kappa shape index (κ3) is 4.27. The molecule has 0 amide bonds. The molecule has 1 N–H and O–H groups in total. The predicted molar refractivity (Wildman–Crippen MR) is 125 cm³/mol. The summed E-state index contributed by atoms with van der Waals surface area (Å²) in [7, 11) is 0. The first-order valence-corrected chi connectivity index (χ1v) is 10.6. The molecule has 0 spiro atoms. The van der Waals surface area contributed by atoms with Crippen molar-refractivity contribution in [3.05, 3.63) is 77.5 Å².